The number of piperidine rings is 1. The number of hydrogen-bond acceptors (Lipinski definition) is 5. The van der Waals surface area contributed by atoms with Crippen LogP contribution in [-0.2, 0) is 24.3 Å². The SMILES string of the molecule is C=C(NC1CCCN(C)C1)c1nn(Cc2ccc(F)cc2)c2c1CN(C(=O)c1ccc[nH]1)CC2.C=CC=O. The maximum atomic E-state index is 13.4. The number of aromatic amines is 1. The normalized spacial score (nSPS) is 17.1. The Hall–Kier alpha value is -3.98. The summed E-state index contributed by atoms with van der Waals surface area (Å²) in [6, 6.07) is 10.5. The Morgan fingerprint density at radius 3 is 2.68 bits per heavy atom. The molecule has 4 heterocycles. The lowest BCUT2D eigenvalue weighted by atomic mass is 10.0. The summed E-state index contributed by atoms with van der Waals surface area (Å²) in [7, 11) is 2.14. The van der Waals surface area contributed by atoms with E-state index in [9.17, 15) is 9.18 Å². The monoisotopic (exact) mass is 518 g/mol. The van der Waals surface area contributed by atoms with Crippen LogP contribution in [0.4, 0.5) is 4.39 Å². The second-order valence-electron chi connectivity index (χ2n) is 9.71. The van der Waals surface area contributed by atoms with E-state index in [1.807, 2.05) is 15.6 Å². The van der Waals surface area contributed by atoms with Gasteiger partial charge < -0.3 is 20.1 Å². The van der Waals surface area contributed by atoms with Gasteiger partial charge in [0.05, 0.1) is 18.8 Å². The Morgan fingerprint density at radius 2 is 2.03 bits per heavy atom. The molecule has 2 aliphatic rings. The third kappa shape index (κ3) is 6.47. The summed E-state index contributed by atoms with van der Waals surface area (Å²) >= 11 is 0. The van der Waals surface area contributed by atoms with Crippen LogP contribution < -0.4 is 5.32 Å². The van der Waals surface area contributed by atoms with Gasteiger partial charge in [-0.15, -0.1) is 0 Å². The zero-order valence-corrected chi connectivity index (χ0v) is 21.8. The van der Waals surface area contributed by atoms with Gasteiger partial charge in [0.25, 0.3) is 5.91 Å². The number of nitrogens with one attached hydrogen (secondary N) is 2. The van der Waals surface area contributed by atoms with E-state index < -0.39 is 0 Å². The molecule has 3 aromatic rings. The van der Waals surface area contributed by atoms with Crippen molar-refractivity contribution in [3.8, 4) is 0 Å². The fourth-order valence-electron chi connectivity index (χ4n) is 5.03. The van der Waals surface area contributed by atoms with Gasteiger partial charge in [-0.25, -0.2) is 4.39 Å². The largest absolute Gasteiger partial charge is 0.380 e. The van der Waals surface area contributed by atoms with Crippen LogP contribution in [0.2, 0.25) is 0 Å². The van der Waals surface area contributed by atoms with E-state index in [1.165, 1.54) is 18.2 Å². The molecule has 1 atom stereocenters. The lowest BCUT2D eigenvalue weighted by molar-refractivity contribution is -0.104. The first-order chi connectivity index (χ1) is 18.4. The van der Waals surface area contributed by atoms with Crippen LogP contribution in [0, 0.1) is 5.82 Å². The highest BCUT2D eigenvalue weighted by molar-refractivity contribution is 5.92. The molecule has 5 rings (SSSR count). The Bertz CT molecular complexity index is 1260. The van der Waals surface area contributed by atoms with E-state index in [0.29, 0.717) is 44.1 Å². The van der Waals surface area contributed by atoms with Gasteiger partial charge in [-0.3, -0.25) is 14.3 Å². The Labute approximate surface area is 222 Å². The molecule has 1 saturated heterocycles. The molecule has 1 aromatic carbocycles. The number of likely N-dealkylation sites (tertiary alicyclic amines) is 1. The van der Waals surface area contributed by atoms with Crippen molar-refractivity contribution >= 4 is 17.9 Å². The molecule has 2 aliphatic heterocycles. The molecule has 9 heteroatoms. The van der Waals surface area contributed by atoms with E-state index in [1.54, 1.807) is 24.4 Å². The van der Waals surface area contributed by atoms with Gasteiger partial charge >= 0.3 is 0 Å². The predicted octanol–water partition coefficient (Wildman–Crippen LogP) is 3.62. The molecular weight excluding hydrogens is 483 g/mol. The molecular formula is C29H35FN6O2. The van der Waals surface area contributed by atoms with E-state index in [2.05, 4.69) is 35.4 Å². The third-order valence-electron chi connectivity index (χ3n) is 6.88. The first-order valence-corrected chi connectivity index (χ1v) is 12.9. The van der Waals surface area contributed by atoms with Crippen molar-refractivity contribution in [1.29, 1.82) is 0 Å². The number of rotatable bonds is 7. The van der Waals surface area contributed by atoms with E-state index in [-0.39, 0.29) is 11.7 Å². The number of carbonyl (C=O) groups is 2. The summed E-state index contributed by atoms with van der Waals surface area (Å²) in [5.74, 6) is -0.263. The summed E-state index contributed by atoms with van der Waals surface area (Å²) < 4.78 is 15.4. The quantitative estimate of drug-likeness (QED) is 0.369. The molecule has 38 heavy (non-hydrogen) atoms. The number of aromatic nitrogens is 3. The van der Waals surface area contributed by atoms with Gasteiger partial charge in [-0.1, -0.05) is 25.3 Å². The number of aldehydes is 1. The molecule has 1 amide bonds. The van der Waals surface area contributed by atoms with Crippen molar-refractivity contribution in [2.45, 2.75) is 38.4 Å². The van der Waals surface area contributed by atoms with Crippen molar-refractivity contribution in [2.75, 3.05) is 26.7 Å². The van der Waals surface area contributed by atoms with Crippen LogP contribution in [0.1, 0.15) is 45.8 Å². The average Bonchev–Trinajstić information content (AvgIpc) is 3.58. The second kappa shape index (κ2) is 12.5. The lowest BCUT2D eigenvalue weighted by Gasteiger charge is -2.31. The first-order valence-electron chi connectivity index (χ1n) is 12.9. The number of fused-ring (bicyclic) bond motifs is 1. The maximum Gasteiger partial charge on any atom is 0.270 e. The highest BCUT2D eigenvalue weighted by atomic mass is 19.1. The zero-order valence-electron chi connectivity index (χ0n) is 21.8. The van der Waals surface area contributed by atoms with Crippen LogP contribution >= 0.6 is 0 Å². The highest BCUT2D eigenvalue weighted by Crippen LogP contribution is 2.28. The van der Waals surface area contributed by atoms with Crippen LogP contribution in [0.5, 0.6) is 0 Å². The van der Waals surface area contributed by atoms with Crippen molar-refractivity contribution in [1.82, 2.24) is 29.9 Å². The Balaban J connectivity index is 0.000000786. The summed E-state index contributed by atoms with van der Waals surface area (Å²) in [5, 5.41) is 8.55. The number of benzene rings is 1. The van der Waals surface area contributed by atoms with Crippen LogP contribution in [-0.4, -0.2) is 69.5 Å². The van der Waals surface area contributed by atoms with E-state index in [0.717, 1.165) is 54.1 Å². The van der Waals surface area contributed by atoms with Crippen LogP contribution in [0.3, 0.4) is 0 Å². The summed E-state index contributed by atoms with van der Waals surface area (Å²) in [6.07, 6.45) is 6.55. The number of nitrogens with zero attached hydrogens (tertiary/aromatic N) is 4. The van der Waals surface area contributed by atoms with Crippen LogP contribution in [0.15, 0.2) is 61.8 Å². The smallest absolute Gasteiger partial charge is 0.270 e. The minimum absolute atomic E-state index is 0.0136. The molecule has 0 radical (unpaired) electrons. The minimum atomic E-state index is -0.250. The fourth-order valence-corrected chi connectivity index (χ4v) is 5.03. The molecule has 0 saturated carbocycles. The molecule has 200 valence electrons. The number of halogens is 1. The lowest BCUT2D eigenvalue weighted by Crippen LogP contribution is -2.43. The zero-order chi connectivity index (χ0) is 27.1. The van der Waals surface area contributed by atoms with Crippen LogP contribution in [0.25, 0.3) is 5.70 Å². The molecule has 0 aliphatic carbocycles. The first kappa shape index (κ1) is 27.1. The van der Waals surface area contributed by atoms with Crippen molar-refractivity contribution in [3.63, 3.8) is 0 Å². The summed E-state index contributed by atoms with van der Waals surface area (Å²) in [5.41, 5.74) is 5.33. The summed E-state index contributed by atoms with van der Waals surface area (Å²) in [4.78, 5) is 29.3. The number of hydrogen-bond donors (Lipinski definition) is 2. The van der Waals surface area contributed by atoms with Crippen molar-refractivity contribution < 1.29 is 14.0 Å². The average molecular weight is 519 g/mol. The number of likely N-dealkylation sites (N-methyl/N-ethyl adjacent to an activating group) is 1. The van der Waals surface area contributed by atoms with Gasteiger partial charge in [0.2, 0.25) is 0 Å². The van der Waals surface area contributed by atoms with E-state index in [4.69, 9.17) is 9.89 Å². The van der Waals surface area contributed by atoms with Gasteiger partial charge in [0.1, 0.15) is 23.5 Å². The van der Waals surface area contributed by atoms with Crippen molar-refractivity contribution in [3.05, 3.63) is 95.9 Å². The van der Waals surface area contributed by atoms with Gasteiger partial charge in [-0.05, 0) is 62.3 Å². The highest BCUT2D eigenvalue weighted by Gasteiger charge is 2.30. The number of carbonyl (C=O) groups excluding carboxylic acids is 2. The second-order valence-corrected chi connectivity index (χ2v) is 9.71. The molecule has 2 aromatic heterocycles. The summed E-state index contributed by atoms with van der Waals surface area (Å²) in [6.45, 7) is 11.2. The van der Waals surface area contributed by atoms with E-state index >= 15 is 0 Å². The molecule has 1 fully saturated rings. The maximum absolute atomic E-state index is 13.4. The predicted molar refractivity (Wildman–Crippen MR) is 146 cm³/mol. The number of H-pyrrole nitrogens is 1. The topological polar surface area (TPSA) is 86.3 Å². The molecule has 0 bridgehead atoms. The number of amides is 1. The fraction of sp³-hybridized carbons (Fsp3) is 0.345. The molecule has 0 spiro atoms. The Morgan fingerprint density at radius 1 is 1.26 bits per heavy atom. The third-order valence-corrected chi connectivity index (χ3v) is 6.88. The van der Waals surface area contributed by atoms with Gasteiger partial charge in [0, 0.05) is 43.0 Å². The minimum Gasteiger partial charge on any atom is -0.380 e. The number of allylic oxidation sites excluding steroid dienone is 1. The van der Waals surface area contributed by atoms with Gasteiger partial charge in [0.15, 0.2) is 0 Å². The van der Waals surface area contributed by atoms with Gasteiger partial charge in [-0.2, -0.15) is 5.10 Å². The standard InChI is InChI=1S/C26H31FN6O.C3H4O/c1-18(29-21-5-4-13-31(2)16-21)25-22-17-32(26(34)23-6-3-12-28-23)14-11-24(22)33(30-25)15-19-7-9-20(27)10-8-19;1-2-3-4/h3,6-10,12,21,28-29H,1,4-5,11,13-17H2,2H3;2-3H,1H2. The van der Waals surface area contributed by atoms with Crippen molar-refractivity contribution in [2.24, 2.45) is 0 Å². The molecule has 2 N–H and O–H groups in total. The molecule has 1 unspecified atom stereocenters. The molecule has 8 nitrogen and oxygen atoms in total. The Kier molecular flexibility index (Phi) is 8.91.